The molecule has 0 heterocycles. The van der Waals surface area contributed by atoms with E-state index in [1.54, 1.807) is 0 Å². The summed E-state index contributed by atoms with van der Waals surface area (Å²) >= 11 is 0. The van der Waals surface area contributed by atoms with Crippen LogP contribution in [0.2, 0.25) is 0 Å². The van der Waals surface area contributed by atoms with Gasteiger partial charge >= 0.3 is 7.87 Å². The van der Waals surface area contributed by atoms with Crippen molar-refractivity contribution in [3.05, 3.63) is 0 Å². The Morgan fingerprint density at radius 2 is 0.806 bits per heavy atom. The van der Waals surface area contributed by atoms with Gasteiger partial charge in [0, 0.05) is 53.5 Å². The third-order valence-corrected chi connectivity index (χ3v) is 10.9. The largest absolute Gasteiger partial charge is 0.383 e. The summed E-state index contributed by atoms with van der Waals surface area (Å²) in [7, 11) is 1.74. The maximum absolute atomic E-state index is 5.61. The normalized spacial score (nSPS) is 12.8. The van der Waals surface area contributed by atoms with Crippen LogP contribution >= 0.6 is 7.87 Å². The molecule has 0 fully saturated rings. The summed E-state index contributed by atoms with van der Waals surface area (Å²) in [6.45, 7) is 24.1. The van der Waals surface area contributed by atoms with Crippen LogP contribution in [0.3, 0.4) is 0 Å². The highest BCUT2D eigenvalue weighted by atomic mass is 31.2. The zero-order chi connectivity index (χ0) is 23.5. The molecule has 0 aliphatic carbocycles. The summed E-state index contributed by atoms with van der Waals surface area (Å²) in [6.07, 6.45) is 7.43. The molecule has 0 aromatic heterocycles. The quantitative estimate of drug-likeness (QED) is 0.194. The third kappa shape index (κ3) is 9.52. The minimum absolute atomic E-state index is 0.757. The first-order valence-electron chi connectivity index (χ1n) is 13.0. The second-order valence-electron chi connectivity index (χ2n) is 8.18. The van der Waals surface area contributed by atoms with Crippen molar-refractivity contribution in [2.45, 2.75) is 80.1 Å². The van der Waals surface area contributed by atoms with E-state index >= 15 is 0 Å². The Morgan fingerprint density at radius 1 is 0.484 bits per heavy atom. The molecule has 0 amide bonds. The van der Waals surface area contributed by atoms with Gasteiger partial charge in [0.25, 0.3) is 0 Å². The minimum atomic E-state index is -1.91. The molecular weight excluding hydrogens is 407 g/mol. The third-order valence-electron chi connectivity index (χ3n) is 6.03. The zero-order valence-corrected chi connectivity index (χ0v) is 23.3. The maximum atomic E-state index is 5.61. The van der Waals surface area contributed by atoms with E-state index in [4.69, 9.17) is 9.47 Å². The predicted octanol–water partition coefficient (Wildman–Crippen LogP) is 5.62. The lowest BCUT2D eigenvalue weighted by atomic mass is 10.3. The Morgan fingerprint density at radius 3 is 1.03 bits per heavy atom. The van der Waals surface area contributed by atoms with E-state index in [1.165, 1.54) is 38.5 Å². The number of ether oxygens (including phenoxy) is 2. The minimum Gasteiger partial charge on any atom is -0.383 e. The van der Waals surface area contributed by atoms with Gasteiger partial charge in [-0.3, -0.25) is 0 Å². The summed E-state index contributed by atoms with van der Waals surface area (Å²) in [5.41, 5.74) is 0. The zero-order valence-electron chi connectivity index (χ0n) is 22.4. The Hall–Kier alpha value is 0.190. The molecule has 0 saturated heterocycles. The van der Waals surface area contributed by atoms with Crippen molar-refractivity contribution in [1.29, 1.82) is 0 Å². The molecule has 0 spiro atoms. The van der Waals surface area contributed by atoms with E-state index in [-0.39, 0.29) is 0 Å². The van der Waals surface area contributed by atoms with E-state index in [0.29, 0.717) is 0 Å². The molecule has 188 valence electrons. The fraction of sp³-hybridized carbons (Fsp3) is 1.00. The summed E-state index contributed by atoms with van der Waals surface area (Å²) < 4.78 is 22.5. The lowest BCUT2D eigenvalue weighted by Gasteiger charge is -2.51. The van der Waals surface area contributed by atoms with Crippen molar-refractivity contribution >= 4 is 7.87 Å². The number of hydrogen-bond acceptors (Lipinski definition) is 6. The van der Waals surface area contributed by atoms with Gasteiger partial charge in [0.2, 0.25) is 0 Å². The highest BCUT2D eigenvalue weighted by Gasteiger charge is 2.59. The van der Waals surface area contributed by atoms with Gasteiger partial charge in [-0.25, -0.2) is 0 Å². The first-order valence-corrected chi connectivity index (χ1v) is 14.6. The molecule has 0 saturated carbocycles. The van der Waals surface area contributed by atoms with Crippen LogP contribution in [0.1, 0.15) is 80.1 Å². The van der Waals surface area contributed by atoms with Crippen molar-refractivity contribution < 1.29 is 9.47 Å². The fourth-order valence-electron chi connectivity index (χ4n) is 4.31. The molecule has 0 aliphatic rings. The van der Waals surface area contributed by atoms with Gasteiger partial charge in [0.15, 0.2) is 0 Å². The smallest absolute Gasteiger partial charge is 0.308 e. The van der Waals surface area contributed by atoms with Crippen LogP contribution < -0.4 is 0 Å². The van der Waals surface area contributed by atoms with Crippen LogP contribution in [-0.4, -0.2) is 98.5 Å². The van der Waals surface area contributed by atoms with Crippen LogP contribution in [0.25, 0.3) is 0 Å². The highest BCUT2D eigenvalue weighted by molar-refractivity contribution is 7.66. The second kappa shape index (κ2) is 19.6. The Kier molecular flexibility index (Phi) is 19.8. The Balaban J connectivity index is 6.67. The van der Waals surface area contributed by atoms with Crippen LogP contribution in [0, 0.1) is 0 Å². The van der Waals surface area contributed by atoms with Gasteiger partial charge in [-0.1, -0.05) is 40.0 Å². The highest BCUT2D eigenvalue weighted by Crippen LogP contribution is 2.70. The van der Waals surface area contributed by atoms with Crippen molar-refractivity contribution in [2.24, 2.45) is 0 Å². The van der Waals surface area contributed by atoms with Crippen LogP contribution in [0.5, 0.6) is 0 Å². The number of unbranched alkanes of at least 4 members (excludes halogenated alkanes) is 3. The molecule has 0 aliphatic heterocycles. The van der Waals surface area contributed by atoms with Crippen molar-refractivity contribution in [2.75, 3.05) is 79.8 Å². The monoisotopic (exact) mass is 463 g/mol. The van der Waals surface area contributed by atoms with Gasteiger partial charge in [0.05, 0.1) is 26.3 Å². The van der Waals surface area contributed by atoms with Crippen molar-refractivity contribution in [3.63, 3.8) is 0 Å². The number of hydrogen-bond donors (Lipinski definition) is 0. The van der Waals surface area contributed by atoms with E-state index < -0.39 is 7.87 Å². The molecule has 0 aromatic rings. The molecule has 31 heavy (non-hydrogen) atoms. The Labute approximate surface area is 196 Å². The van der Waals surface area contributed by atoms with Gasteiger partial charge < -0.3 is 9.47 Å². The standard InChI is InChI=1S/C24H56N4O2P/c1-9-15-18-25(12-4)31(26(13-5)19-16-10-2,27(14-6)20-17-11-3)28(21-23-29-7)22-24-30-8/h9-24H2,1-8H3/q+1. The summed E-state index contributed by atoms with van der Waals surface area (Å²) in [5, 5.41) is 0. The summed E-state index contributed by atoms with van der Waals surface area (Å²) in [6, 6.07) is 0. The molecule has 0 radical (unpaired) electrons. The topological polar surface area (TPSA) is 31.4 Å². The van der Waals surface area contributed by atoms with Crippen molar-refractivity contribution in [1.82, 2.24) is 18.7 Å². The molecule has 0 aromatic carbocycles. The SMILES string of the molecule is CCCCN(CC)[P+](N(CC)CCCC)(N(CC)CCCC)N(CCOC)CCOC. The summed E-state index contributed by atoms with van der Waals surface area (Å²) in [4.78, 5) is 0. The molecular formula is C24H56N4O2P+. The number of methoxy groups -OCH3 is 2. The van der Waals surface area contributed by atoms with E-state index in [9.17, 15) is 0 Å². The average molecular weight is 464 g/mol. The van der Waals surface area contributed by atoms with Gasteiger partial charge in [0.1, 0.15) is 0 Å². The first kappa shape index (κ1) is 31.2. The summed E-state index contributed by atoms with van der Waals surface area (Å²) in [5.74, 6) is 0. The van der Waals surface area contributed by atoms with Gasteiger partial charge in [-0.05, 0) is 40.0 Å². The average Bonchev–Trinajstić information content (AvgIpc) is 2.79. The predicted molar refractivity (Wildman–Crippen MR) is 139 cm³/mol. The van der Waals surface area contributed by atoms with E-state index in [2.05, 4.69) is 60.2 Å². The molecule has 0 rings (SSSR count). The first-order chi connectivity index (χ1) is 15.1. The van der Waals surface area contributed by atoms with E-state index in [1.807, 2.05) is 14.2 Å². The van der Waals surface area contributed by atoms with E-state index in [0.717, 1.165) is 65.6 Å². The molecule has 0 N–H and O–H groups in total. The van der Waals surface area contributed by atoms with Crippen molar-refractivity contribution in [3.8, 4) is 0 Å². The molecule has 7 heteroatoms. The number of rotatable bonds is 22. The maximum Gasteiger partial charge on any atom is 0.308 e. The van der Waals surface area contributed by atoms with Crippen LogP contribution in [0.15, 0.2) is 0 Å². The van der Waals surface area contributed by atoms with Crippen LogP contribution in [-0.2, 0) is 9.47 Å². The molecule has 6 nitrogen and oxygen atoms in total. The Bertz CT molecular complexity index is 355. The van der Waals surface area contributed by atoms with Gasteiger partial charge in [-0.15, -0.1) is 18.7 Å². The second-order valence-corrected chi connectivity index (χ2v) is 11.5. The van der Waals surface area contributed by atoms with Gasteiger partial charge in [-0.2, -0.15) is 0 Å². The molecule has 0 unspecified atom stereocenters. The molecule has 0 atom stereocenters. The number of nitrogens with zero attached hydrogens (tertiary/aromatic N) is 4. The lowest BCUT2D eigenvalue weighted by Crippen LogP contribution is -2.54. The lowest BCUT2D eigenvalue weighted by molar-refractivity contribution is 0.133. The fourth-order valence-corrected chi connectivity index (χ4v) is 9.53. The van der Waals surface area contributed by atoms with Crippen LogP contribution in [0.4, 0.5) is 0 Å². The molecule has 0 bridgehead atoms.